The van der Waals surface area contributed by atoms with Crippen LogP contribution >= 0.6 is 0 Å². The molecule has 2 aromatic carbocycles. The van der Waals surface area contributed by atoms with E-state index in [2.05, 4.69) is 10.1 Å². The van der Waals surface area contributed by atoms with Crippen molar-refractivity contribution in [3.05, 3.63) is 71.3 Å². The second-order valence-corrected chi connectivity index (χ2v) is 4.56. The van der Waals surface area contributed by atoms with Gasteiger partial charge in [-0.2, -0.15) is 0 Å². The van der Waals surface area contributed by atoms with Crippen LogP contribution in [0.4, 0.5) is 0 Å². The summed E-state index contributed by atoms with van der Waals surface area (Å²) in [5, 5.41) is 2.84. The van der Waals surface area contributed by atoms with Crippen molar-refractivity contribution in [2.45, 2.75) is 6.42 Å². The summed E-state index contributed by atoms with van der Waals surface area (Å²) < 4.78 is 4.64. The van der Waals surface area contributed by atoms with Crippen molar-refractivity contribution in [2.24, 2.45) is 0 Å². The molecule has 21 heavy (non-hydrogen) atoms. The number of hydrogen-bond acceptors (Lipinski definition) is 3. The lowest BCUT2D eigenvalue weighted by Gasteiger charge is -2.06. The van der Waals surface area contributed by atoms with Crippen LogP contribution in [0.5, 0.6) is 0 Å². The minimum atomic E-state index is -0.450. The minimum absolute atomic E-state index is 0.198. The number of hydrogen-bond donors (Lipinski definition) is 1. The van der Waals surface area contributed by atoms with Gasteiger partial charge in [-0.05, 0) is 30.2 Å². The van der Waals surface area contributed by atoms with Crippen LogP contribution in [0, 0.1) is 0 Å². The maximum absolute atomic E-state index is 12.0. The van der Waals surface area contributed by atoms with Gasteiger partial charge in [0.2, 0.25) is 0 Å². The standard InChI is InChI=1S/C17H17NO3/c1-21-17(20)15-9-5-8-14(12-15)16(19)18-11-10-13-6-3-2-4-7-13/h2-9,12H,10-11H2,1H3,(H,18,19). The summed E-state index contributed by atoms with van der Waals surface area (Å²) in [6, 6.07) is 16.4. The Balaban J connectivity index is 1.93. The summed E-state index contributed by atoms with van der Waals surface area (Å²) in [5.74, 6) is -0.648. The van der Waals surface area contributed by atoms with E-state index in [0.29, 0.717) is 17.7 Å². The van der Waals surface area contributed by atoms with Gasteiger partial charge in [-0.3, -0.25) is 4.79 Å². The van der Waals surface area contributed by atoms with Crippen LogP contribution in [0.15, 0.2) is 54.6 Å². The van der Waals surface area contributed by atoms with E-state index in [1.54, 1.807) is 18.2 Å². The van der Waals surface area contributed by atoms with Gasteiger partial charge in [0.05, 0.1) is 12.7 Å². The molecule has 0 fully saturated rings. The van der Waals surface area contributed by atoms with Gasteiger partial charge in [-0.25, -0.2) is 4.79 Å². The van der Waals surface area contributed by atoms with Gasteiger partial charge in [0.25, 0.3) is 5.91 Å². The Labute approximate surface area is 123 Å². The van der Waals surface area contributed by atoms with Gasteiger partial charge in [-0.15, -0.1) is 0 Å². The van der Waals surface area contributed by atoms with Crippen molar-refractivity contribution in [1.82, 2.24) is 5.32 Å². The topological polar surface area (TPSA) is 55.4 Å². The predicted octanol–water partition coefficient (Wildman–Crippen LogP) is 2.45. The molecular formula is C17H17NO3. The van der Waals surface area contributed by atoms with Crippen molar-refractivity contribution < 1.29 is 14.3 Å². The molecule has 0 aliphatic carbocycles. The number of benzene rings is 2. The fraction of sp³-hybridized carbons (Fsp3) is 0.176. The monoisotopic (exact) mass is 283 g/mol. The third-order valence-corrected chi connectivity index (χ3v) is 3.09. The lowest BCUT2D eigenvalue weighted by Crippen LogP contribution is -2.25. The second kappa shape index (κ2) is 7.24. The van der Waals surface area contributed by atoms with Gasteiger partial charge in [0.1, 0.15) is 0 Å². The highest BCUT2D eigenvalue weighted by Crippen LogP contribution is 2.07. The number of amides is 1. The molecule has 0 radical (unpaired) electrons. The Bertz CT molecular complexity index is 623. The van der Waals surface area contributed by atoms with Crippen molar-refractivity contribution >= 4 is 11.9 Å². The van der Waals surface area contributed by atoms with Crippen LogP contribution in [0.2, 0.25) is 0 Å². The fourth-order valence-electron chi connectivity index (χ4n) is 1.97. The number of ether oxygens (including phenoxy) is 1. The predicted molar refractivity (Wildman–Crippen MR) is 80.3 cm³/mol. The van der Waals surface area contributed by atoms with Crippen LogP contribution in [-0.2, 0) is 11.2 Å². The molecule has 0 aliphatic rings. The first-order valence-electron chi connectivity index (χ1n) is 6.71. The molecule has 0 saturated carbocycles. The van der Waals surface area contributed by atoms with E-state index in [1.807, 2.05) is 30.3 Å². The normalized spacial score (nSPS) is 9.95. The number of rotatable bonds is 5. The van der Waals surface area contributed by atoms with Crippen LogP contribution in [0.25, 0.3) is 0 Å². The highest BCUT2D eigenvalue weighted by Gasteiger charge is 2.10. The zero-order chi connectivity index (χ0) is 15.1. The fourth-order valence-corrected chi connectivity index (χ4v) is 1.97. The highest BCUT2D eigenvalue weighted by molar-refractivity contribution is 5.97. The molecule has 0 atom stereocenters. The molecular weight excluding hydrogens is 266 g/mol. The van der Waals surface area contributed by atoms with E-state index in [1.165, 1.54) is 18.7 Å². The van der Waals surface area contributed by atoms with E-state index < -0.39 is 5.97 Å². The van der Waals surface area contributed by atoms with E-state index in [-0.39, 0.29) is 5.91 Å². The molecule has 2 aromatic rings. The van der Waals surface area contributed by atoms with Crippen LogP contribution < -0.4 is 5.32 Å². The summed E-state index contributed by atoms with van der Waals surface area (Å²) >= 11 is 0. The average Bonchev–Trinajstić information content (AvgIpc) is 2.55. The molecule has 0 saturated heterocycles. The lowest BCUT2D eigenvalue weighted by molar-refractivity contribution is 0.0600. The van der Waals surface area contributed by atoms with Gasteiger partial charge in [0, 0.05) is 12.1 Å². The number of carbonyl (C=O) groups is 2. The van der Waals surface area contributed by atoms with Gasteiger partial charge < -0.3 is 10.1 Å². The number of methoxy groups -OCH3 is 1. The molecule has 4 heteroatoms. The third kappa shape index (κ3) is 4.18. The van der Waals surface area contributed by atoms with E-state index >= 15 is 0 Å². The van der Waals surface area contributed by atoms with E-state index in [9.17, 15) is 9.59 Å². The summed E-state index contributed by atoms with van der Waals surface area (Å²) in [6.45, 7) is 0.547. The zero-order valence-electron chi connectivity index (χ0n) is 11.8. The van der Waals surface area contributed by atoms with Crippen molar-refractivity contribution in [3.63, 3.8) is 0 Å². The molecule has 0 unspecified atom stereocenters. The molecule has 4 nitrogen and oxygen atoms in total. The van der Waals surface area contributed by atoms with Gasteiger partial charge in [0.15, 0.2) is 0 Å². The average molecular weight is 283 g/mol. The maximum atomic E-state index is 12.0. The Hall–Kier alpha value is -2.62. The summed E-state index contributed by atoms with van der Waals surface area (Å²) in [5.41, 5.74) is 1.99. The summed E-state index contributed by atoms with van der Waals surface area (Å²) in [6.07, 6.45) is 0.767. The Morgan fingerprint density at radius 2 is 1.71 bits per heavy atom. The smallest absolute Gasteiger partial charge is 0.337 e. The minimum Gasteiger partial charge on any atom is -0.465 e. The zero-order valence-corrected chi connectivity index (χ0v) is 11.8. The molecule has 0 aromatic heterocycles. The van der Waals surface area contributed by atoms with Crippen molar-refractivity contribution in [2.75, 3.05) is 13.7 Å². The molecule has 1 amide bonds. The molecule has 0 aliphatic heterocycles. The quantitative estimate of drug-likeness (QED) is 0.858. The first-order chi connectivity index (χ1) is 10.2. The van der Waals surface area contributed by atoms with E-state index in [0.717, 1.165) is 6.42 Å². The molecule has 0 heterocycles. The molecule has 2 rings (SSSR count). The Morgan fingerprint density at radius 3 is 2.43 bits per heavy atom. The molecule has 0 spiro atoms. The maximum Gasteiger partial charge on any atom is 0.337 e. The van der Waals surface area contributed by atoms with Crippen molar-refractivity contribution in [1.29, 1.82) is 0 Å². The van der Waals surface area contributed by atoms with Gasteiger partial charge >= 0.3 is 5.97 Å². The Kier molecular flexibility index (Phi) is 5.10. The molecule has 0 bridgehead atoms. The molecule has 108 valence electrons. The SMILES string of the molecule is COC(=O)c1cccc(C(=O)NCCc2ccccc2)c1. The van der Waals surface area contributed by atoms with E-state index in [4.69, 9.17) is 0 Å². The van der Waals surface area contributed by atoms with Crippen LogP contribution in [0.1, 0.15) is 26.3 Å². The summed E-state index contributed by atoms with van der Waals surface area (Å²) in [4.78, 5) is 23.5. The molecule has 1 N–H and O–H groups in total. The summed E-state index contributed by atoms with van der Waals surface area (Å²) in [7, 11) is 1.31. The third-order valence-electron chi connectivity index (χ3n) is 3.09. The van der Waals surface area contributed by atoms with Crippen LogP contribution in [0.3, 0.4) is 0 Å². The van der Waals surface area contributed by atoms with Crippen LogP contribution in [-0.4, -0.2) is 25.5 Å². The van der Waals surface area contributed by atoms with Gasteiger partial charge in [-0.1, -0.05) is 36.4 Å². The largest absolute Gasteiger partial charge is 0.465 e. The Morgan fingerprint density at radius 1 is 1.00 bits per heavy atom. The first kappa shape index (κ1) is 14.8. The van der Waals surface area contributed by atoms with Crippen molar-refractivity contribution in [3.8, 4) is 0 Å². The second-order valence-electron chi connectivity index (χ2n) is 4.56. The number of carbonyl (C=O) groups excluding carboxylic acids is 2. The first-order valence-corrected chi connectivity index (χ1v) is 6.71. The number of nitrogens with one attached hydrogen (secondary N) is 1. The lowest BCUT2D eigenvalue weighted by atomic mass is 10.1. The number of esters is 1. The highest BCUT2D eigenvalue weighted by atomic mass is 16.5.